The Morgan fingerprint density at radius 2 is 0.757 bits per heavy atom. The van der Waals surface area contributed by atoms with Crippen LogP contribution in [-0.2, 0) is 54.6 Å². The summed E-state index contributed by atoms with van der Waals surface area (Å²) < 4.78 is 18.8. The topological polar surface area (TPSA) is 339 Å². The molecule has 0 bridgehead atoms. The van der Waals surface area contributed by atoms with Gasteiger partial charge in [-0.3, -0.25) is 44.7 Å². The van der Waals surface area contributed by atoms with Gasteiger partial charge in [-0.25, -0.2) is 23.2 Å². The van der Waals surface area contributed by atoms with Gasteiger partial charge in [0.15, 0.2) is 6.29 Å². The molecule has 584 valence electrons. The SMILES string of the molecule is CC1CCNCC1.CCc1cccc(C(=O)O)n1.CCc1cccc(C)n1.CCc1cccc(C)n1.CS(=O)(=O)Cl.Cc1cccc(C(O)O)n1.Cc1cccc(C)n1.Cc1cccc(CN2CCC(C)CC2)n1.Cc1cccc(CO)n1.Cc1cccc(CO)n1.Nc1cccc(CN2CCC(N)CC2)n1. The standard InChI is InChI=1S/C13H20N2.C11H18N4.C8H9NO2.2C8H11N.C7H9NO2.2C7H9NO.C7H9N.C6H13N.CH3ClO2S/c1-11-6-8-15(9-7-11)10-13-5-3-4-12(2)14-13;12-9-4-6-15(7-5-9)8-10-2-1-3-11(13)14-10;1-2-6-4-3-5-7(9-6)8(10)11;2*1-3-8-6-4-5-7(2)9-8;1-5-3-2-4-6(8-5)7(9)10;2*1-6-3-2-4-7(5-9)8-6;1-6-4-3-5-7(2)8-6;1-6-2-4-7-5-3-6;1-5(2,3)4/h3-5,11H,6-10H2,1-2H3;1-3,9H,4-8,12H2,(H2,13,14);3-5H,2H2,1H3,(H,10,11);2*4-6H,3H2,1-2H3;2-4,7,9-10H,1H3;2*2-4,9H,5H2,1H3;3-5H,1-2H3;6-7H,2-5H2,1H3;1H3. The van der Waals surface area contributed by atoms with E-state index in [1.165, 1.54) is 75.0 Å². The Balaban J connectivity index is 0.000000404. The molecule has 0 aliphatic carbocycles. The Labute approximate surface area is 642 Å². The Morgan fingerprint density at radius 3 is 1.06 bits per heavy atom. The van der Waals surface area contributed by atoms with Gasteiger partial charge in [-0.1, -0.05) is 89.2 Å². The molecular formula is C83H121ClN14O8S. The third-order valence-corrected chi connectivity index (χ3v) is 16.1. The number of nitrogens with zero attached hydrogens (tertiary/aromatic N) is 11. The van der Waals surface area contributed by atoms with E-state index in [9.17, 15) is 13.2 Å². The summed E-state index contributed by atoms with van der Waals surface area (Å²) in [6.45, 7) is 35.5. The maximum Gasteiger partial charge on any atom is 0.354 e. The van der Waals surface area contributed by atoms with Crippen LogP contribution in [0, 0.1) is 67.2 Å². The zero-order valence-corrected chi connectivity index (χ0v) is 67.2. The van der Waals surface area contributed by atoms with Crippen LogP contribution in [0.25, 0.3) is 0 Å². The summed E-state index contributed by atoms with van der Waals surface area (Å²) >= 11 is 0. The second-order valence-corrected chi connectivity index (χ2v) is 29.3. The van der Waals surface area contributed by atoms with E-state index in [-0.39, 0.29) is 18.9 Å². The largest absolute Gasteiger partial charge is 0.477 e. The number of nitrogen functional groups attached to an aromatic ring is 1. The molecule has 3 saturated heterocycles. The third kappa shape index (κ3) is 48.5. The highest BCUT2D eigenvalue weighted by Crippen LogP contribution is 2.18. The van der Waals surface area contributed by atoms with Crippen LogP contribution in [0.4, 0.5) is 5.82 Å². The lowest BCUT2D eigenvalue weighted by atomic mass is 9.99. The van der Waals surface area contributed by atoms with Crippen molar-refractivity contribution in [3.63, 3.8) is 0 Å². The number of carboxylic acid groups (broad SMARTS) is 1. The van der Waals surface area contributed by atoms with Crippen LogP contribution >= 0.6 is 10.7 Å². The fourth-order valence-corrected chi connectivity index (χ4v) is 10.2. The summed E-state index contributed by atoms with van der Waals surface area (Å²) in [5, 5.41) is 46.3. The molecule has 107 heavy (non-hydrogen) atoms. The van der Waals surface area contributed by atoms with Crippen LogP contribution in [-0.4, -0.2) is 146 Å². The number of aliphatic hydroxyl groups is 4. The number of hydrogen-bond donors (Lipinski definition) is 8. The second kappa shape index (κ2) is 55.0. The third-order valence-electron chi connectivity index (χ3n) is 16.1. The fourth-order valence-electron chi connectivity index (χ4n) is 10.2. The summed E-state index contributed by atoms with van der Waals surface area (Å²) in [6, 6.07) is 51.9. The average molecular weight is 1510 g/mol. The lowest BCUT2D eigenvalue weighted by molar-refractivity contribution is -0.0459. The maximum atomic E-state index is 10.4. The lowest BCUT2D eigenvalue weighted by Gasteiger charge is -2.29. The first-order valence-corrected chi connectivity index (χ1v) is 39.4. The summed E-state index contributed by atoms with van der Waals surface area (Å²) in [7, 11) is 1.31. The van der Waals surface area contributed by atoms with E-state index in [0.717, 1.165) is 145 Å². The maximum absolute atomic E-state index is 10.4. The van der Waals surface area contributed by atoms with Crippen LogP contribution < -0.4 is 16.8 Å². The fraction of sp³-hybridized carbons (Fsp3) is 0.446. The van der Waals surface area contributed by atoms with Crippen LogP contribution in [0.1, 0.15) is 181 Å². The highest BCUT2D eigenvalue weighted by molar-refractivity contribution is 8.13. The van der Waals surface area contributed by atoms with E-state index in [0.29, 0.717) is 17.6 Å². The number of likely N-dealkylation sites (tertiary alicyclic amines) is 2. The zero-order valence-electron chi connectivity index (χ0n) is 65.7. The first kappa shape index (κ1) is 94.6. The summed E-state index contributed by atoms with van der Waals surface area (Å²) in [6.07, 6.45) is 9.89. The van der Waals surface area contributed by atoms with Gasteiger partial charge in [0.1, 0.15) is 11.5 Å². The number of nitrogens with two attached hydrogens (primary N) is 2. The van der Waals surface area contributed by atoms with Crippen molar-refractivity contribution < 1.29 is 38.7 Å². The van der Waals surface area contributed by atoms with Gasteiger partial charge in [-0.2, -0.15) is 0 Å². The molecule has 3 aliphatic rings. The van der Waals surface area contributed by atoms with Crippen LogP contribution in [0.2, 0.25) is 0 Å². The molecule has 3 aliphatic heterocycles. The molecular weight excluding hydrogens is 1390 g/mol. The van der Waals surface area contributed by atoms with Crippen molar-refractivity contribution in [2.45, 2.75) is 186 Å². The summed E-state index contributed by atoms with van der Waals surface area (Å²) in [5.41, 5.74) is 27.0. The van der Waals surface area contributed by atoms with E-state index in [1.807, 2.05) is 152 Å². The van der Waals surface area contributed by atoms with Gasteiger partial charge in [-0.05, 0) is 260 Å². The number of halogens is 1. The predicted octanol–water partition coefficient (Wildman–Crippen LogP) is 13.5. The van der Waals surface area contributed by atoms with Gasteiger partial charge in [0.25, 0.3) is 0 Å². The predicted molar refractivity (Wildman–Crippen MR) is 433 cm³/mol. The number of aromatic nitrogens is 9. The van der Waals surface area contributed by atoms with Crippen LogP contribution in [0.3, 0.4) is 0 Å². The lowest BCUT2D eigenvalue weighted by Crippen LogP contribution is -2.39. The highest BCUT2D eigenvalue weighted by Gasteiger charge is 2.18. The number of rotatable bonds is 11. The molecule has 3 fully saturated rings. The van der Waals surface area contributed by atoms with Crippen LogP contribution in [0.15, 0.2) is 164 Å². The molecule has 10 N–H and O–H groups in total. The molecule has 0 aromatic carbocycles. The number of hydrogen-bond acceptors (Lipinski definition) is 21. The molecule has 9 aromatic heterocycles. The van der Waals surface area contributed by atoms with Gasteiger partial charge >= 0.3 is 5.97 Å². The molecule has 0 radical (unpaired) electrons. The van der Waals surface area contributed by atoms with Crippen molar-refractivity contribution in [3.05, 3.63) is 261 Å². The second-order valence-electron chi connectivity index (χ2n) is 26.3. The number of carbonyl (C=O) groups is 1. The molecule has 0 unspecified atom stereocenters. The minimum absolute atomic E-state index is 0.0294. The van der Waals surface area contributed by atoms with E-state index in [1.54, 1.807) is 43.3 Å². The van der Waals surface area contributed by atoms with Crippen molar-refractivity contribution >= 4 is 31.5 Å². The number of carboxylic acids is 1. The van der Waals surface area contributed by atoms with Crippen molar-refractivity contribution in [1.82, 2.24) is 60.0 Å². The zero-order chi connectivity index (χ0) is 79.5. The molecule has 0 amide bonds. The van der Waals surface area contributed by atoms with Gasteiger partial charge in [0.05, 0.1) is 47.9 Å². The van der Waals surface area contributed by atoms with Gasteiger partial charge in [0, 0.05) is 106 Å². The number of anilines is 1. The molecule has 0 atom stereocenters. The minimum Gasteiger partial charge on any atom is -0.477 e. The monoisotopic (exact) mass is 1510 g/mol. The summed E-state index contributed by atoms with van der Waals surface area (Å²) in [4.78, 5) is 52.7. The first-order chi connectivity index (χ1) is 50.9. The Hall–Kier alpha value is -8.46. The number of piperidine rings is 3. The number of aliphatic hydroxyl groups excluding tert-OH is 3. The van der Waals surface area contributed by atoms with Crippen molar-refractivity contribution in [2.75, 3.05) is 51.3 Å². The Morgan fingerprint density at radius 1 is 0.458 bits per heavy atom. The van der Waals surface area contributed by atoms with Crippen molar-refractivity contribution in [2.24, 2.45) is 17.6 Å². The highest BCUT2D eigenvalue weighted by atomic mass is 35.7. The number of aryl methyl sites for hydroxylation is 11. The Bertz CT molecular complexity index is 3720. The van der Waals surface area contributed by atoms with Gasteiger partial charge < -0.3 is 42.3 Å². The molecule has 12 rings (SSSR count). The van der Waals surface area contributed by atoms with Crippen molar-refractivity contribution in [3.8, 4) is 0 Å². The normalized spacial score (nSPS) is 13.5. The van der Waals surface area contributed by atoms with Crippen LogP contribution in [0.5, 0.6) is 0 Å². The quantitative estimate of drug-likeness (QED) is 0.0440. The molecule has 12 heterocycles. The van der Waals surface area contributed by atoms with Gasteiger partial charge in [-0.15, -0.1) is 0 Å². The smallest absolute Gasteiger partial charge is 0.354 e. The molecule has 0 saturated carbocycles. The average Bonchev–Trinajstić information content (AvgIpc) is 0.882. The molecule has 0 spiro atoms. The van der Waals surface area contributed by atoms with E-state index in [4.69, 9.17) is 37.0 Å². The summed E-state index contributed by atoms with van der Waals surface area (Å²) in [5.74, 6) is 1.51. The number of pyridine rings is 9. The first-order valence-electron chi connectivity index (χ1n) is 36.7. The Kier molecular flexibility index (Phi) is 48.7. The van der Waals surface area contributed by atoms with E-state index >= 15 is 0 Å². The molecule has 24 heteroatoms. The minimum atomic E-state index is -3.19. The number of nitrogens with one attached hydrogen (secondary N) is 1. The van der Waals surface area contributed by atoms with E-state index < -0.39 is 21.3 Å². The number of aromatic carboxylic acids is 1. The van der Waals surface area contributed by atoms with Crippen molar-refractivity contribution in [1.29, 1.82) is 0 Å². The molecule has 9 aromatic rings. The van der Waals surface area contributed by atoms with Gasteiger partial charge in [0.2, 0.25) is 9.05 Å². The van der Waals surface area contributed by atoms with E-state index in [2.05, 4.69) is 123 Å². The molecule has 22 nitrogen and oxygen atoms in total.